The van der Waals surface area contributed by atoms with Crippen LogP contribution in [0.5, 0.6) is 5.88 Å². The topological polar surface area (TPSA) is 38.2 Å². The molecule has 0 bridgehead atoms. The summed E-state index contributed by atoms with van der Waals surface area (Å²) in [7, 11) is 0. The fourth-order valence-electron chi connectivity index (χ4n) is 3.40. The molecule has 0 radical (unpaired) electrons. The van der Waals surface area contributed by atoms with Crippen molar-refractivity contribution in [1.29, 1.82) is 0 Å². The van der Waals surface area contributed by atoms with Crippen LogP contribution in [0, 0.1) is 5.92 Å². The van der Waals surface area contributed by atoms with Gasteiger partial charge in [0.25, 0.3) is 0 Å². The van der Waals surface area contributed by atoms with Crippen molar-refractivity contribution in [2.24, 2.45) is 5.92 Å². The third-order valence-electron chi connectivity index (χ3n) is 4.22. The Bertz CT molecular complexity index is 410. The first-order valence-electron chi connectivity index (χ1n) is 7.10. The Hall–Kier alpha value is -1.32. The van der Waals surface area contributed by atoms with Gasteiger partial charge in [-0.25, -0.2) is 9.97 Å². The molecule has 1 saturated heterocycles. The van der Waals surface area contributed by atoms with Crippen LogP contribution < -0.4 is 9.64 Å². The Morgan fingerprint density at radius 1 is 1.28 bits per heavy atom. The summed E-state index contributed by atoms with van der Waals surface area (Å²) in [4.78, 5) is 11.0. The van der Waals surface area contributed by atoms with Crippen LogP contribution in [0.1, 0.15) is 39.0 Å². The molecule has 1 saturated carbocycles. The van der Waals surface area contributed by atoms with Crippen molar-refractivity contribution in [2.45, 2.75) is 45.1 Å². The smallest absolute Gasteiger partial charge is 0.218 e. The molecule has 2 aliphatic rings. The van der Waals surface area contributed by atoms with Crippen LogP contribution in [0.4, 0.5) is 5.82 Å². The molecule has 1 aromatic heterocycles. The van der Waals surface area contributed by atoms with Gasteiger partial charge in [-0.3, -0.25) is 0 Å². The van der Waals surface area contributed by atoms with Gasteiger partial charge < -0.3 is 9.64 Å². The molecular formula is C14H21N3O. The molecule has 1 aliphatic carbocycles. The molecule has 2 unspecified atom stereocenters. The van der Waals surface area contributed by atoms with Crippen molar-refractivity contribution in [3.63, 3.8) is 0 Å². The third kappa shape index (κ3) is 2.16. The lowest BCUT2D eigenvalue weighted by atomic mass is 9.85. The number of fused-ring (bicyclic) bond motifs is 1. The number of hydrogen-bond acceptors (Lipinski definition) is 4. The van der Waals surface area contributed by atoms with E-state index in [0.717, 1.165) is 18.3 Å². The van der Waals surface area contributed by atoms with E-state index >= 15 is 0 Å². The largest absolute Gasteiger partial charge is 0.478 e. The maximum Gasteiger partial charge on any atom is 0.218 e. The molecule has 1 aliphatic heterocycles. The second kappa shape index (κ2) is 5.12. The standard InChI is InChI=1S/C14H21N3O/c1-2-18-14-9-13(15-10-16-14)17-8-7-11-5-3-4-6-12(11)17/h9-12H,2-8H2,1H3. The van der Waals surface area contributed by atoms with Gasteiger partial charge in [0.1, 0.15) is 12.1 Å². The van der Waals surface area contributed by atoms with Crippen molar-refractivity contribution in [3.8, 4) is 5.88 Å². The highest BCUT2D eigenvalue weighted by Gasteiger charge is 2.36. The van der Waals surface area contributed by atoms with E-state index in [1.54, 1.807) is 6.33 Å². The second-order valence-electron chi connectivity index (χ2n) is 5.24. The minimum absolute atomic E-state index is 0.655. The van der Waals surface area contributed by atoms with E-state index in [9.17, 15) is 0 Å². The molecule has 0 spiro atoms. The molecule has 0 N–H and O–H groups in total. The lowest BCUT2D eigenvalue weighted by Crippen LogP contribution is -2.35. The van der Waals surface area contributed by atoms with E-state index in [1.807, 2.05) is 13.0 Å². The molecular weight excluding hydrogens is 226 g/mol. The van der Waals surface area contributed by atoms with E-state index in [4.69, 9.17) is 4.74 Å². The quantitative estimate of drug-likeness (QED) is 0.823. The highest BCUT2D eigenvalue weighted by molar-refractivity contribution is 5.43. The van der Waals surface area contributed by atoms with Crippen LogP contribution in [-0.4, -0.2) is 29.2 Å². The fraction of sp³-hybridized carbons (Fsp3) is 0.714. The van der Waals surface area contributed by atoms with E-state index in [2.05, 4.69) is 14.9 Å². The van der Waals surface area contributed by atoms with Gasteiger partial charge in [0.15, 0.2) is 0 Å². The lowest BCUT2D eigenvalue weighted by molar-refractivity contribution is 0.325. The first-order chi connectivity index (χ1) is 8.88. The van der Waals surface area contributed by atoms with E-state index in [1.165, 1.54) is 32.1 Å². The summed E-state index contributed by atoms with van der Waals surface area (Å²) in [6, 6.07) is 2.68. The van der Waals surface area contributed by atoms with E-state index in [-0.39, 0.29) is 0 Å². The van der Waals surface area contributed by atoms with Gasteiger partial charge in [0.05, 0.1) is 6.61 Å². The molecule has 3 rings (SSSR count). The predicted molar refractivity (Wildman–Crippen MR) is 70.9 cm³/mol. The Kier molecular flexibility index (Phi) is 3.35. The molecule has 2 atom stereocenters. The normalized spacial score (nSPS) is 27.1. The van der Waals surface area contributed by atoms with Crippen molar-refractivity contribution in [1.82, 2.24) is 9.97 Å². The Balaban J connectivity index is 1.79. The van der Waals surface area contributed by atoms with Crippen molar-refractivity contribution < 1.29 is 4.74 Å². The Morgan fingerprint density at radius 2 is 2.17 bits per heavy atom. The number of anilines is 1. The number of rotatable bonds is 3. The second-order valence-corrected chi connectivity index (χ2v) is 5.24. The zero-order chi connectivity index (χ0) is 12.4. The average Bonchev–Trinajstić information content (AvgIpc) is 2.83. The molecule has 2 fully saturated rings. The minimum atomic E-state index is 0.655. The van der Waals surface area contributed by atoms with Gasteiger partial charge in [-0.2, -0.15) is 0 Å². The number of hydrogen-bond donors (Lipinski definition) is 0. The van der Waals surface area contributed by atoms with Gasteiger partial charge in [-0.15, -0.1) is 0 Å². The van der Waals surface area contributed by atoms with Crippen LogP contribution >= 0.6 is 0 Å². The lowest BCUT2D eigenvalue weighted by Gasteiger charge is -2.32. The van der Waals surface area contributed by atoms with E-state index < -0.39 is 0 Å². The van der Waals surface area contributed by atoms with Crippen LogP contribution in [-0.2, 0) is 0 Å². The number of nitrogens with zero attached hydrogens (tertiary/aromatic N) is 3. The van der Waals surface area contributed by atoms with Gasteiger partial charge >= 0.3 is 0 Å². The molecule has 0 amide bonds. The summed E-state index contributed by atoms with van der Waals surface area (Å²) in [6.45, 7) is 3.77. The van der Waals surface area contributed by atoms with Gasteiger partial charge in [0.2, 0.25) is 5.88 Å². The molecule has 1 aromatic rings. The summed E-state index contributed by atoms with van der Waals surface area (Å²) in [5.74, 6) is 2.62. The maximum absolute atomic E-state index is 5.46. The Morgan fingerprint density at radius 3 is 3.06 bits per heavy atom. The summed E-state index contributed by atoms with van der Waals surface area (Å²) in [5.41, 5.74) is 0. The molecule has 2 heterocycles. The summed E-state index contributed by atoms with van der Waals surface area (Å²) in [5, 5.41) is 0. The average molecular weight is 247 g/mol. The van der Waals surface area contributed by atoms with Crippen molar-refractivity contribution in [3.05, 3.63) is 12.4 Å². The van der Waals surface area contributed by atoms with Gasteiger partial charge in [-0.1, -0.05) is 12.8 Å². The van der Waals surface area contributed by atoms with Crippen LogP contribution in [0.2, 0.25) is 0 Å². The molecule has 98 valence electrons. The first kappa shape index (κ1) is 11.8. The predicted octanol–water partition coefficient (Wildman–Crippen LogP) is 2.64. The minimum Gasteiger partial charge on any atom is -0.478 e. The summed E-state index contributed by atoms with van der Waals surface area (Å²) < 4.78 is 5.46. The van der Waals surface area contributed by atoms with Crippen LogP contribution in [0.3, 0.4) is 0 Å². The first-order valence-corrected chi connectivity index (χ1v) is 7.10. The zero-order valence-electron chi connectivity index (χ0n) is 11.0. The molecule has 0 aromatic carbocycles. The highest BCUT2D eigenvalue weighted by atomic mass is 16.5. The monoisotopic (exact) mass is 247 g/mol. The fourth-order valence-corrected chi connectivity index (χ4v) is 3.40. The molecule has 4 nitrogen and oxygen atoms in total. The van der Waals surface area contributed by atoms with Crippen molar-refractivity contribution in [2.75, 3.05) is 18.1 Å². The van der Waals surface area contributed by atoms with E-state index in [0.29, 0.717) is 18.5 Å². The van der Waals surface area contributed by atoms with Gasteiger partial charge in [-0.05, 0) is 32.1 Å². The summed E-state index contributed by atoms with van der Waals surface area (Å²) >= 11 is 0. The number of aromatic nitrogens is 2. The van der Waals surface area contributed by atoms with Crippen molar-refractivity contribution >= 4 is 5.82 Å². The van der Waals surface area contributed by atoms with Crippen LogP contribution in [0.25, 0.3) is 0 Å². The molecule has 18 heavy (non-hydrogen) atoms. The SMILES string of the molecule is CCOc1cc(N2CCC3CCCCC32)ncn1. The highest BCUT2D eigenvalue weighted by Crippen LogP contribution is 2.38. The Labute approximate surface area is 108 Å². The van der Waals surface area contributed by atoms with Crippen LogP contribution in [0.15, 0.2) is 12.4 Å². The maximum atomic E-state index is 5.46. The third-order valence-corrected chi connectivity index (χ3v) is 4.22. The summed E-state index contributed by atoms with van der Waals surface area (Å²) in [6.07, 6.45) is 8.42. The van der Waals surface area contributed by atoms with Gasteiger partial charge in [0, 0.05) is 18.7 Å². The zero-order valence-corrected chi connectivity index (χ0v) is 11.0. The number of ether oxygens (including phenoxy) is 1. The molecule has 4 heteroatoms.